The van der Waals surface area contributed by atoms with Crippen molar-refractivity contribution in [3.63, 3.8) is 0 Å². The molecule has 174 valence electrons. The van der Waals surface area contributed by atoms with E-state index in [2.05, 4.69) is 10.6 Å². The van der Waals surface area contributed by atoms with Crippen LogP contribution < -0.4 is 10.6 Å². The molecule has 30 heavy (non-hydrogen) atoms. The Bertz CT molecular complexity index is 591. The van der Waals surface area contributed by atoms with Crippen LogP contribution in [0.5, 0.6) is 0 Å². The van der Waals surface area contributed by atoms with E-state index in [0.29, 0.717) is 23.3 Å². The summed E-state index contributed by atoms with van der Waals surface area (Å²) < 4.78 is 10.6. The number of aliphatic hydroxyl groups excluding tert-OH is 1. The van der Waals surface area contributed by atoms with Crippen LogP contribution in [0, 0.1) is 5.41 Å². The number of hydrogen-bond donors (Lipinski definition) is 3. The van der Waals surface area contributed by atoms with Gasteiger partial charge in [-0.1, -0.05) is 25.6 Å². The lowest BCUT2D eigenvalue weighted by Gasteiger charge is -2.29. The summed E-state index contributed by atoms with van der Waals surface area (Å²) >= 11 is 1.12. The molecule has 0 radical (unpaired) electrons. The summed E-state index contributed by atoms with van der Waals surface area (Å²) in [5.74, 6) is -0.451. The maximum atomic E-state index is 12.1. The van der Waals surface area contributed by atoms with Gasteiger partial charge in [-0.2, -0.15) is 0 Å². The van der Waals surface area contributed by atoms with Crippen molar-refractivity contribution in [3.05, 3.63) is 0 Å². The summed E-state index contributed by atoms with van der Waals surface area (Å²) in [4.78, 5) is 46.2. The van der Waals surface area contributed by atoms with Crippen molar-refractivity contribution in [2.24, 2.45) is 5.41 Å². The predicted molar refractivity (Wildman–Crippen MR) is 114 cm³/mol. The van der Waals surface area contributed by atoms with E-state index in [4.69, 9.17) is 9.47 Å². The first-order valence-corrected chi connectivity index (χ1v) is 10.7. The van der Waals surface area contributed by atoms with E-state index in [1.54, 1.807) is 13.8 Å². The summed E-state index contributed by atoms with van der Waals surface area (Å²) in [6.45, 7) is 5.62. The van der Waals surface area contributed by atoms with Crippen LogP contribution in [0.2, 0.25) is 0 Å². The zero-order valence-corrected chi connectivity index (χ0v) is 19.6. The Kier molecular flexibility index (Phi) is 12.6. The molecule has 0 bridgehead atoms. The highest BCUT2D eigenvalue weighted by Gasteiger charge is 2.35. The third kappa shape index (κ3) is 14.2. The number of rotatable bonds is 13. The normalized spacial score (nSPS) is 12.6. The number of carbonyl (C=O) groups is 4. The maximum absolute atomic E-state index is 12.1. The Morgan fingerprint density at radius 3 is 2.27 bits per heavy atom. The summed E-state index contributed by atoms with van der Waals surface area (Å²) in [5, 5.41) is 15.3. The molecule has 0 spiro atoms. The highest BCUT2D eigenvalue weighted by molar-refractivity contribution is 8.13. The van der Waals surface area contributed by atoms with Crippen LogP contribution in [0.1, 0.15) is 27.2 Å². The third-order valence-electron chi connectivity index (χ3n) is 3.91. The van der Waals surface area contributed by atoms with Gasteiger partial charge in [-0.25, -0.2) is 4.79 Å². The van der Waals surface area contributed by atoms with Crippen LogP contribution in [0.4, 0.5) is 4.79 Å². The largest absolute Gasteiger partial charge is 0.508 e. The van der Waals surface area contributed by atoms with Crippen LogP contribution in [0.15, 0.2) is 0 Å². The molecule has 10 nitrogen and oxygen atoms in total. The molecule has 3 N–H and O–H groups in total. The van der Waals surface area contributed by atoms with Crippen LogP contribution >= 0.6 is 11.8 Å². The highest BCUT2D eigenvalue weighted by Crippen LogP contribution is 2.21. The topological polar surface area (TPSA) is 131 Å². The van der Waals surface area contributed by atoms with Gasteiger partial charge in [0.15, 0.2) is 5.12 Å². The SMILES string of the molecule is CC(=O)SCCNC(=O)CCNC(=O)C(O)C(C)(C)COC(=O)OCC[N+](C)(C)C. The fourth-order valence-corrected chi connectivity index (χ4v) is 2.48. The molecule has 0 rings (SSSR count). The lowest BCUT2D eigenvalue weighted by molar-refractivity contribution is -0.870. The summed E-state index contributed by atoms with van der Waals surface area (Å²) in [6, 6.07) is 0. The lowest BCUT2D eigenvalue weighted by Crippen LogP contribution is -2.47. The number of ether oxygens (including phenoxy) is 2. The molecule has 1 unspecified atom stereocenters. The summed E-state index contributed by atoms with van der Waals surface area (Å²) in [7, 11) is 5.89. The minimum absolute atomic E-state index is 0.0190. The van der Waals surface area contributed by atoms with Crippen molar-refractivity contribution in [1.29, 1.82) is 0 Å². The number of aliphatic hydroxyl groups is 1. The molecule has 0 aromatic rings. The van der Waals surface area contributed by atoms with E-state index in [-0.39, 0.29) is 37.2 Å². The van der Waals surface area contributed by atoms with Crippen LogP contribution in [-0.4, -0.2) is 98.5 Å². The van der Waals surface area contributed by atoms with Gasteiger partial charge >= 0.3 is 6.16 Å². The molecule has 0 fully saturated rings. The average molecular weight is 451 g/mol. The number of likely N-dealkylation sites (N-methyl/N-ethyl adjacent to an activating group) is 1. The molecule has 0 aromatic carbocycles. The second-order valence-corrected chi connectivity index (χ2v) is 9.80. The van der Waals surface area contributed by atoms with Crippen molar-refractivity contribution >= 4 is 34.8 Å². The number of carbonyl (C=O) groups excluding carboxylic acids is 4. The second-order valence-electron chi connectivity index (χ2n) is 8.52. The third-order valence-corrected chi connectivity index (χ3v) is 4.73. The molecule has 0 aromatic heterocycles. The number of thioether (sulfide) groups is 1. The van der Waals surface area contributed by atoms with Gasteiger partial charge in [0.2, 0.25) is 11.8 Å². The van der Waals surface area contributed by atoms with Crippen LogP contribution in [-0.2, 0) is 23.9 Å². The van der Waals surface area contributed by atoms with Gasteiger partial charge < -0.3 is 29.7 Å². The zero-order valence-electron chi connectivity index (χ0n) is 18.8. The first-order valence-electron chi connectivity index (χ1n) is 9.70. The molecule has 0 aliphatic carbocycles. The Morgan fingerprint density at radius 2 is 1.70 bits per heavy atom. The van der Waals surface area contributed by atoms with Crippen LogP contribution in [0.3, 0.4) is 0 Å². The number of nitrogens with zero attached hydrogens (tertiary/aromatic N) is 1. The van der Waals surface area contributed by atoms with Gasteiger partial charge in [0.1, 0.15) is 25.9 Å². The molecular formula is C19H36N3O7S+. The molecule has 2 amide bonds. The monoisotopic (exact) mass is 450 g/mol. The first-order chi connectivity index (χ1) is 13.7. The van der Waals surface area contributed by atoms with Gasteiger partial charge in [0.05, 0.1) is 21.1 Å². The van der Waals surface area contributed by atoms with Crippen molar-refractivity contribution in [1.82, 2.24) is 10.6 Å². The fourth-order valence-electron chi connectivity index (χ4n) is 1.99. The van der Waals surface area contributed by atoms with Crippen molar-refractivity contribution in [3.8, 4) is 0 Å². The molecular weight excluding hydrogens is 414 g/mol. The fraction of sp³-hybridized carbons (Fsp3) is 0.789. The van der Waals surface area contributed by atoms with E-state index < -0.39 is 23.6 Å². The highest BCUT2D eigenvalue weighted by atomic mass is 32.2. The Morgan fingerprint density at radius 1 is 1.07 bits per heavy atom. The van der Waals surface area contributed by atoms with Crippen molar-refractivity contribution < 1.29 is 38.2 Å². The second kappa shape index (κ2) is 13.5. The molecule has 0 saturated carbocycles. The van der Waals surface area contributed by atoms with Gasteiger partial charge in [0, 0.05) is 37.6 Å². The smallest absolute Gasteiger partial charge is 0.434 e. The van der Waals surface area contributed by atoms with Gasteiger partial charge in [0.25, 0.3) is 0 Å². The Hall–Kier alpha value is -1.85. The van der Waals surface area contributed by atoms with Crippen LogP contribution in [0.25, 0.3) is 0 Å². The maximum Gasteiger partial charge on any atom is 0.508 e. The first kappa shape index (κ1) is 28.1. The molecule has 0 aliphatic rings. The minimum atomic E-state index is -1.44. The molecule has 1 atom stereocenters. The molecule has 11 heteroatoms. The predicted octanol–water partition coefficient (Wildman–Crippen LogP) is 0.135. The summed E-state index contributed by atoms with van der Waals surface area (Å²) in [5.41, 5.74) is -1.05. The Labute approximate surface area is 182 Å². The van der Waals surface area contributed by atoms with Gasteiger partial charge in [-0.3, -0.25) is 14.4 Å². The number of hydrogen-bond acceptors (Lipinski definition) is 8. The zero-order chi connectivity index (χ0) is 23.4. The van der Waals surface area contributed by atoms with E-state index in [1.165, 1.54) is 6.92 Å². The number of quaternary nitrogens is 1. The van der Waals surface area contributed by atoms with Crippen molar-refractivity contribution in [2.45, 2.75) is 33.3 Å². The quantitative estimate of drug-likeness (QED) is 0.205. The average Bonchev–Trinajstić information content (AvgIpc) is 2.61. The van der Waals surface area contributed by atoms with E-state index in [1.807, 2.05) is 21.1 Å². The minimum Gasteiger partial charge on any atom is -0.434 e. The lowest BCUT2D eigenvalue weighted by atomic mass is 9.87. The number of nitrogens with one attached hydrogen (secondary N) is 2. The van der Waals surface area contributed by atoms with Crippen molar-refractivity contribution in [2.75, 3.05) is 59.7 Å². The van der Waals surface area contributed by atoms with E-state index >= 15 is 0 Å². The molecule has 0 aliphatic heterocycles. The Balaban J connectivity index is 4.17. The van der Waals surface area contributed by atoms with Gasteiger partial charge in [-0.15, -0.1) is 0 Å². The molecule has 0 heterocycles. The van der Waals surface area contributed by atoms with E-state index in [0.717, 1.165) is 11.8 Å². The summed E-state index contributed by atoms with van der Waals surface area (Å²) in [6.07, 6.45) is -2.26. The standard InChI is InChI=1S/C19H35N3O7S/c1-14(23)30-12-9-20-15(24)7-8-21-17(26)16(25)19(2,3)13-29-18(27)28-11-10-22(4,5)6/h16,25H,7-13H2,1-6H3,(H-,20,21,24,26)/p+1. The van der Waals surface area contributed by atoms with E-state index in [9.17, 15) is 24.3 Å². The number of amides is 2. The van der Waals surface area contributed by atoms with Gasteiger partial charge in [-0.05, 0) is 0 Å². The molecule has 0 saturated heterocycles.